The number of amides is 1. The molecule has 0 atom stereocenters. The molecule has 0 fully saturated rings. The number of carboxylic acids is 2. The van der Waals surface area contributed by atoms with E-state index < -0.39 is 30.9 Å². The summed E-state index contributed by atoms with van der Waals surface area (Å²) in [5, 5.41) is 20.4. The van der Waals surface area contributed by atoms with Crippen molar-refractivity contribution >= 4 is 23.5 Å². The quantitative estimate of drug-likeness (QED) is 0.675. The standard InChI is InChI=1S/C18H18N2O5/c21-16(10-20(11-17(22)23)12-18(24)25)19-15-9-5-4-8-14(15)13-6-2-1-3-7-13/h1-9H,10-12H2,(H,19,21)(H,22,23)(H,24,25). The molecule has 7 nitrogen and oxygen atoms in total. The summed E-state index contributed by atoms with van der Waals surface area (Å²) in [6.45, 7) is -1.39. The number of aliphatic carboxylic acids is 2. The topological polar surface area (TPSA) is 107 Å². The number of rotatable bonds is 8. The van der Waals surface area contributed by atoms with Crippen LogP contribution < -0.4 is 5.32 Å². The number of carbonyl (C=O) groups excluding carboxylic acids is 1. The Hall–Kier alpha value is -3.19. The van der Waals surface area contributed by atoms with Crippen LogP contribution >= 0.6 is 0 Å². The molecule has 0 radical (unpaired) electrons. The van der Waals surface area contributed by atoms with Crippen molar-refractivity contribution in [2.24, 2.45) is 0 Å². The molecule has 0 aliphatic heterocycles. The highest BCUT2D eigenvalue weighted by atomic mass is 16.4. The van der Waals surface area contributed by atoms with Gasteiger partial charge in [-0.15, -0.1) is 0 Å². The zero-order valence-electron chi connectivity index (χ0n) is 13.4. The van der Waals surface area contributed by atoms with Gasteiger partial charge in [-0.25, -0.2) is 0 Å². The zero-order chi connectivity index (χ0) is 18.2. The van der Waals surface area contributed by atoms with E-state index in [9.17, 15) is 14.4 Å². The summed E-state index contributed by atoms with van der Waals surface area (Å²) >= 11 is 0. The van der Waals surface area contributed by atoms with Crippen LogP contribution in [-0.2, 0) is 14.4 Å². The van der Waals surface area contributed by atoms with Gasteiger partial charge in [-0.1, -0.05) is 48.5 Å². The molecule has 7 heteroatoms. The maximum absolute atomic E-state index is 12.2. The first-order valence-corrected chi connectivity index (χ1v) is 7.56. The number of nitrogens with one attached hydrogen (secondary N) is 1. The minimum atomic E-state index is -1.20. The monoisotopic (exact) mass is 342 g/mol. The Balaban J connectivity index is 2.12. The molecule has 1 amide bonds. The number of nitrogens with zero attached hydrogens (tertiary/aromatic N) is 1. The molecule has 130 valence electrons. The maximum atomic E-state index is 12.2. The SMILES string of the molecule is O=C(O)CN(CC(=O)O)CC(=O)Nc1ccccc1-c1ccccc1. The molecular formula is C18H18N2O5. The molecule has 0 aliphatic carbocycles. The van der Waals surface area contributed by atoms with Gasteiger partial charge in [0.25, 0.3) is 0 Å². The van der Waals surface area contributed by atoms with Gasteiger partial charge in [0, 0.05) is 11.3 Å². The lowest BCUT2D eigenvalue weighted by Crippen LogP contribution is -2.40. The second-order valence-corrected chi connectivity index (χ2v) is 5.39. The van der Waals surface area contributed by atoms with Gasteiger partial charge in [-0.2, -0.15) is 0 Å². The Labute approximate surface area is 144 Å². The molecule has 2 aromatic carbocycles. The van der Waals surface area contributed by atoms with E-state index in [2.05, 4.69) is 5.32 Å². The molecule has 3 N–H and O–H groups in total. The molecule has 0 aliphatic rings. The molecule has 0 saturated heterocycles. The van der Waals surface area contributed by atoms with Crippen molar-refractivity contribution in [3.05, 3.63) is 54.6 Å². The molecule has 0 aromatic heterocycles. The van der Waals surface area contributed by atoms with Gasteiger partial charge in [0.15, 0.2) is 0 Å². The smallest absolute Gasteiger partial charge is 0.317 e. The van der Waals surface area contributed by atoms with Crippen molar-refractivity contribution in [2.75, 3.05) is 25.0 Å². The normalized spacial score (nSPS) is 10.4. The second-order valence-electron chi connectivity index (χ2n) is 5.39. The lowest BCUT2D eigenvalue weighted by Gasteiger charge is -2.18. The molecule has 0 heterocycles. The number of hydrogen-bond acceptors (Lipinski definition) is 4. The minimum absolute atomic E-state index is 0.332. The van der Waals surface area contributed by atoms with Crippen LogP contribution in [0.15, 0.2) is 54.6 Å². The average molecular weight is 342 g/mol. The summed E-state index contributed by atoms with van der Waals surface area (Å²) in [6, 6.07) is 16.7. The fraction of sp³-hybridized carbons (Fsp3) is 0.167. The van der Waals surface area contributed by atoms with Gasteiger partial charge in [0.1, 0.15) is 0 Å². The van der Waals surface area contributed by atoms with Crippen LogP contribution in [0.3, 0.4) is 0 Å². The number of hydrogen-bond donors (Lipinski definition) is 3. The number of para-hydroxylation sites is 1. The molecule has 25 heavy (non-hydrogen) atoms. The van der Waals surface area contributed by atoms with Crippen molar-refractivity contribution in [3.8, 4) is 11.1 Å². The van der Waals surface area contributed by atoms with Crippen molar-refractivity contribution in [1.29, 1.82) is 0 Å². The highest BCUT2D eigenvalue weighted by Crippen LogP contribution is 2.27. The molecular weight excluding hydrogens is 324 g/mol. The number of carboxylic acid groups (broad SMARTS) is 2. The summed E-state index contributed by atoms with van der Waals surface area (Å²) in [6.07, 6.45) is 0. The molecule has 0 spiro atoms. The Morgan fingerprint density at radius 2 is 1.36 bits per heavy atom. The third kappa shape index (κ3) is 5.74. The van der Waals surface area contributed by atoms with Crippen LogP contribution in [0.2, 0.25) is 0 Å². The van der Waals surface area contributed by atoms with Crippen molar-refractivity contribution in [1.82, 2.24) is 4.90 Å². The fourth-order valence-corrected chi connectivity index (χ4v) is 2.40. The van der Waals surface area contributed by atoms with Gasteiger partial charge in [-0.05, 0) is 11.6 Å². The van der Waals surface area contributed by atoms with Gasteiger partial charge in [0.05, 0.1) is 19.6 Å². The van der Waals surface area contributed by atoms with E-state index >= 15 is 0 Å². The summed E-state index contributed by atoms with van der Waals surface area (Å²) < 4.78 is 0. The van der Waals surface area contributed by atoms with Crippen molar-refractivity contribution in [3.63, 3.8) is 0 Å². The number of anilines is 1. The van der Waals surface area contributed by atoms with Crippen molar-refractivity contribution in [2.45, 2.75) is 0 Å². The third-order valence-electron chi connectivity index (χ3n) is 3.37. The molecule has 0 unspecified atom stereocenters. The van der Waals surface area contributed by atoms with E-state index in [4.69, 9.17) is 10.2 Å². The Morgan fingerprint density at radius 3 is 1.96 bits per heavy atom. The van der Waals surface area contributed by atoms with Gasteiger partial charge in [0.2, 0.25) is 5.91 Å². The largest absolute Gasteiger partial charge is 0.480 e. The predicted molar refractivity (Wildman–Crippen MR) is 92.2 cm³/mol. The third-order valence-corrected chi connectivity index (χ3v) is 3.37. The van der Waals surface area contributed by atoms with Crippen LogP contribution in [0.5, 0.6) is 0 Å². The fourth-order valence-electron chi connectivity index (χ4n) is 2.40. The van der Waals surface area contributed by atoms with Crippen LogP contribution in [0, 0.1) is 0 Å². The predicted octanol–water partition coefficient (Wildman–Crippen LogP) is 1.76. The van der Waals surface area contributed by atoms with E-state index in [1.54, 1.807) is 12.1 Å². The summed E-state index contributed by atoms with van der Waals surface area (Å²) in [4.78, 5) is 34.9. The van der Waals surface area contributed by atoms with Crippen LogP contribution in [0.25, 0.3) is 11.1 Å². The minimum Gasteiger partial charge on any atom is -0.480 e. The molecule has 0 bridgehead atoms. The van der Waals surface area contributed by atoms with E-state index in [0.29, 0.717) is 5.69 Å². The molecule has 2 aromatic rings. The first-order chi connectivity index (χ1) is 12.0. The van der Waals surface area contributed by atoms with Crippen LogP contribution in [-0.4, -0.2) is 52.6 Å². The lowest BCUT2D eigenvalue weighted by molar-refractivity contribution is -0.142. The van der Waals surface area contributed by atoms with Gasteiger partial charge < -0.3 is 15.5 Å². The Morgan fingerprint density at radius 1 is 0.800 bits per heavy atom. The van der Waals surface area contributed by atoms with E-state index in [-0.39, 0.29) is 6.54 Å². The first kappa shape index (κ1) is 18.2. The zero-order valence-corrected chi connectivity index (χ0v) is 13.4. The van der Waals surface area contributed by atoms with E-state index in [1.165, 1.54) is 0 Å². The van der Waals surface area contributed by atoms with Gasteiger partial charge in [-0.3, -0.25) is 19.3 Å². The molecule has 0 saturated carbocycles. The van der Waals surface area contributed by atoms with E-state index in [0.717, 1.165) is 16.0 Å². The summed E-state index contributed by atoms with van der Waals surface area (Å²) in [5.41, 5.74) is 2.31. The van der Waals surface area contributed by atoms with Crippen LogP contribution in [0.1, 0.15) is 0 Å². The lowest BCUT2D eigenvalue weighted by atomic mass is 10.0. The Kier molecular flexibility index (Phi) is 6.25. The maximum Gasteiger partial charge on any atom is 0.317 e. The average Bonchev–Trinajstić information content (AvgIpc) is 2.54. The van der Waals surface area contributed by atoms with Gasteiger partial charge >= 0.3 is 11.9 Å². The highest BCUT2D eigenvalue weighted by molar-refractivity contribution is 5.97. The van der Waals surface area contributed by atoms with Crippen LogP contribution in [0.4, 0.5) is 5.69 Å². The number of carbonyl (C=O) groups is 3. The highest BCUT2D eigenvalue weighted by Gasteiger charge is 2.17. The molecule has 2 rings (SSSR count). The Bertz CT molecular complexity index is 745. The van der Waals surface area contributed by atoms with Crippen molar-refractivity contribution < 1.29 is 24.6 Å². The summed E-state index contributed by atoms with van der Waals surface area (Å²) in [5.74, 6) is -2.87. The van der Waals surface area contributed by atoms with E-state index in [1.807, 2.05) is 42.5 Å². The first-order valence-electron chi connectivity index (χ1n) is 7.56. The number of benzene rings is 2. The summed E-state index contributed by atoms with van der Waals surface area (Å²) in [7, 11) is 0. The second kappa shape index (κ2) is 8.60.